The molecule has 0 spiro atoms. The van der Waals surface area contributed by atoms with Crippen molar-refractivity contribution in [3.8, 4) is 11.5 Å². The zero-order valence-electron chi connectivity index (χ0n) is 17.5. The van der Waals surface area contributed by atoms with Crippen LogP contribution in [0.5, 0.6) is 0 Å². The van der Waals surface area contributed by atoms with Gasteiger partial charge in [0.25, 0.3) is 11.1 Å². The molecule has 0 saturated heterocycles. The van der Waals surface area contributed by atoms with Gasteiger partial charge in [-0.05, 0) is 64.8 Å². The summed E-state index contributed by atoms with van der Waals surface area (Å²) in [5.74, 6) is 0.0273. The van der Waals surface area contributed by atoms with E-state index in [-0.39, 0.29) is 17.6 Å². The molecule has 0 unspecified atom stereocenters. The van der Waals surface area contributed by atoms with E-state index in [4.69, 9.17) is 4.42 Å². The molecule has 33 heavy (non-hydrogen) atoms. The standard InChI is InChI=1S/C24H19BrN4O3S/c1-15-11-12-17(13-20(15)27-22(31)16-7-3-2-4-8-16)26-21(30)14-33-24-29-28-23(32-24)18-9-5-6-10-19(18)25/h2-13H,14H2,1H3,(H,26,30)(H,27,31). The fraction of sp³-hybridized carbons (Fsp3) is 0.0833. The number of rotatable bonds is 7. The smallest absolute Gasteiger partial charge is 0.277 e. The first-order chi connectivity index (χ1) is 16.0. The summed E-state index contributed by atoms with van der Waals surface area (Å²) in [6.07, 6.45) is 0. The summed E-state index contributed by atoms with van der Waals surface area (Å²) in [5, 5.41) is 14.1. The predicted octanol–water partition coefficient (Wildman–Crippen LogP) is 5.79. The van der Waals surface area contributed by atoms with Crippen molar-refractivity contribution in [3.63, 3.8) is 0 Å². The Morgan fingerprint density at radius 1 is 0.970 bits per heavy atom. The molecule has 2 N–H and O–H groups in total. The number of anilines is 2. The molecular weight excluding hydrogens is 504 g/mol. The van der Waals surface area contributed by atoms with Gasteiger partial charge in [0.1, 0.15) is 0 Å². The maximum atomic E-state index is 12.5. The molecule has 1 aromatic heterocycles. The summed E-state index contributed by atoms with van der Waals surface area (Å²) in [6, 6.07) is 21.8. The van der Waals surface area contributed by atoms with E-state index in [0.29, 0.717) is 28.1 Å². The van der Waals surface area contributed by atoms with Crippen LogP contribution < -0.4 is 10.6 Å². The average Bonchev–Trinajstić information content (AvgIpc) is 3.29. The number of halogens is 1. The number of amides is 2. The average molecular weight is 523 g/mol. The lowest BCUT2D eigenvalue weighted by atomic mass is 10.1. The van der Waals surface area contributed by atoms with Crippen molar-refractivity contribution < 1.29 is 14.0 Å². The number of carbonyl (C=O) groups excluding carboxylic acids is 2. The molecule has 7 nitrogen and oxygen atoms in total. The molecule has 0 bridgehead atoms. The normalized spacial score (nSPS) is 10.6. The molecular formula is C24H19BrN4O3S. The molecule has 0 radical (unpaired) electrons. The summed E-state index contributed by atoms with van der Waals surface area (Å²) in [4.78, 5) is 24.9. The summed E-state index contributed by atoms with van der Waals surface area (Å²) in [6.45, 7) is 1.89. The van der Waals surface area contributed by atoms with Crippen molar-refractivity contribution in [1.29, 1.82) is 0 Å². The molecule has 2 amide bonds. The molecule has 166 valence electrons. The second-order valence-electron chi connectivity index (χ2n) is 7.04. The number of hydrogen-bond acceptors (Lipinski definition) is 6. The van der Waals surface area contributed by atoms with Gasteiger partial charge in [-0.1, -0.05) is 48.2 Å². The molecule has 0 atom stereocenters. The van der Waals surface area contributed by atoms with Crippen LogP contribution in [0, 0.1) is 6.92 Å². The maximum absolute atomic E-state index is 12.5. The minimum atomic E-state index is -0.232. The number of benzene rings is 3. The quantitative estimate of drug-likeness (QED) is 0.298. The predicted molar refractivity (Wildman–Crippen MR) is 132 cm³/mol. The fourth-order valence-corrected chi connectivity index (χ4v) is 3.97. The van der Waals surface area contributed by atoms with Crippen molar-refractivity contribution in [1.82, 2.24) is 10.2 Å². The molecule has 0 aliphatic heterocycles. The molecule has 0 aliphatic carbocycles. The van der Waals surface area contributed by atoms with Crippen LogP contribution in [0.15, 0.2) is 86.9 Å². The van der Waals surface area contributed by atoms with Crippen LogP contribution in [0.3, 0.4) is 0 Å². The van der Waals surface area contributed by atoms with E-state index in [1.54, 1.807) is 36.4 Å². The second-order valence-corrected chi connectivity index (χ2v) is 8.82. The van der Waals surface area contributed by atoms with Gasteiger partial charge in [0.15, 0.2) is 0 Å². The van der Waals surface area contributed by atoms with Crippen LogP contribution in [0.2, 0.25) is 0 Å². The third-order valence-electron chi connectivity index (χ3n) is 4.64. The summed E-state index contributed by atoms with van der Waals surface area (Å²) >= 11 is 4.60. The van der Waals surface area contributed by atoms with E-state index in [0.717, 1.165) is 27.4 Å². The lowest BCUT2D eigenvalue weighted by molar-refractivity contribution is -0.113. The first-order valence-electron chi connectivity index (χ1n) is 9.98. The van der Waals surface area contributed by atoms with Gasteiger partial charge in [-0.15, -0.1) is 10.2 Å². The molecule has 0 aliphatic rings. The van der Waals surface area contributed by atoms with Crippen LogP contribution in [0.25, 0.3) is 11.5 Å². The highest BCUT2D eigenvalue weighted by Crippen LogP contribution is 2.29. The highest BCUT2D eigenvalue weighted by molar-refractivity contribution is 9.10. The van der Waals surface area contributed by atoms with Crippen molar-refractivity contribution in [2.75, 3.05) is 16.4 Å². The number of hydrogen-bond donors (Lipinski definition) is 2. The summed E-state index contributed by atoms with van der Waals surface area (Å²) < 4.78 is 6.50. The van der Waals surface area contributed by atoms with Gasteiger partial charge >= 0.3 is 0 Å². The van der Waals surface area contributed by atoms with E-state index >= 15 is 0 Å². The van der Waals surface area contributed by atoms with E-state index in [1.165, 1.54) is 0 Å². The van der Waals surface area contributed by atoms with E-state index < -0.39 is 0 Å². The zero-order chi connectivity index (χ0) is 23.2. The van der Waals surface area contributed by atoms with Crippen LogP contribution in [-0.4, -0.2) is 27.8 Å². The number of nitrogens with one attached hydrogen (secondary N) is 2. The van der Waals surface area contributed by atoms with Crippen LogP contribution in [-0.2, 0) is 4.79 Å². The lowest BCUT2D eigenvalue weighted by Crippen LogP contribution is -2.15. The first kappa shape index (κ1) is 22.8. The highest BCUT2D eigenvalue weighted by Gasteiger charge is 2.14. The fourth-order valence-electron chi connectivity index (χ4n) is 2.95. The Kier molecular flexibility index (Phi) is 7.21. The monoisotopic (exact) mass is 522 g/mol. The highest BCUT2D eigenvalue weighted by atomic mass is 79.9. The van der Waals surface area contributed by atoms with Crippen molar-refractivity contribution in [2.45, 2.75) is 12.1 Å². The largest absolute Gasteiger partial charge is 0.411 e. The topological polar surface area (TPSA) is 97.1 Å². The Bertz CT molecular complexity index is 1290. The van der Waals surface area contributed by atoms with Gasteiger partial charge < -0.3 is 15.1 Å². The van der Waals surface area contributed by atoms with Crippen molar-refractivity contribution >= 4 is 50.9 Å². The van der Waals surface area contributed by atoms with Gasteiger partial charge in [-0.2, -0.15) is 0 Å². The second kappa shape index (κ2) is 10.5. The molecule has 4 aromatic rings. The first-order valence-corrected chi connectivity index (χ1v) is 11.8. The van der Waals surface area contributed by atoms with Gasteiger partial charge in [0, 0.05) is 21.4 Å². The number of aromatic nitrogens is 2. The van der Waals surface area contributed by atoms with Crippen molar-refractivity contribution in [2.24, 2.45) is 0 Å². The Labute approximate surface area is 203 Å². The Morgan fingerprint density at radius 3 is 2.52 bits per heavy atom. The summed E-state index contributed by atoms with van der Waals surface area (Å²) in [5.41, 5.74) is 3.44. The molecule has 0 saturated carbocycles. The number of nitrogens with zero attached hydrogens (tertiary/aromatic N) is 2. The maximum Gasteiger partial charge on any atom is 0.277 e. The minimum Gasteiger partial charge on any atom is -0.411 e. The Hall–Kier alpha value is -3.43. The number of thioether (sulfide) groups is 1. The third kappa shape index (κ3) is 5.88. The molecule has 4 rings (SSSR count). The Morgan fingerprint density at radius 2 is 1.73 bits per heavy atom. The SMILES string of the molecule is Cc1ccc(NC(=O)CSc2nnc(-c3ccccc3Br)o2)cc1NC(=O)c1ccccc1. The molecule has 9 heteroatoms. The van der Waals surface area contributed by atoms with Crippen LogP contribution >= 0.6 is 27.7 Å². The van der Waals surface area contributed by atoms with Gasteiger partial charge in [-0.3, -0.25) is 9.59 Å². The van der Waals surface area contributed by atoms with E-state index in [1.807, 2.05) is 43.3 Å². The Balaban J connectivity index is 1.36. The molecule has 1 heterocycles. The third-order valence-corrected chi connectivity index (χ3v) is 6.15. The lowest BCUT2D eigenvalue weighted by Gasteiger charge is -2.11. The van der Waals surface area contributed by atoms with E-state index in [9.17, 15) is 9.59 Å². The number of carbonyl (C=O) groups is 2. The number of aryl methyl sites for hydroxylation is 1. The van der Waals surface area contributed by atoms with Gasteiger partial charge in [0.05, 0.1) is 11.3 Å². The summed E-state index contributed by atoms with van der Waals surface area (Å²) in [7, 11) is 0. The molecule has 3 aromatic carbocycles. The van der Waals surface area contributed by atoms with Gasteiger partial charge in [0.2, 0.25) is 11.8 Å². The van der Waals surface area contributed by atoms with Crippen LogP contribution in [0.4, 0.5) is 11.4 Å². The van der Waals surface area contributed by atoms with Crippen molar-refractivity contribution in [3.05, 3.63) is 88.4 Å². The van der Waals surface area contributed by atoms with Crippen LogP contribution in [0.1, 0.15) is 15.9 Å². The van der Waals surface area contributed by atoms with E-state index in [2.05, 4.69) is 36.8 Å². The minimum absolute atomic E-state index is 0.0944. The zero-order valence-corrected chi connectivity index (χ0v) is 19.9. The van der Waals surface area contributed by atoms with Gasteiger partial charge in [-0.25, -0.2) is 0 Å². The molecule has 0 fully saturated rings.